The molecular weight excluding hydrogens is 300 g/mol. The van der Waals surface area contributed by atoms with Gasteiger partial charge in [-0.05, 0) is 35.1 Å². The molecule has 0 amide bonds. The lowest BCUT2D eigenvalue weighted by Crippen LogP contribution is -2.42. The monoisotopic (exact) mass is 324 g/mol. The van der Waals surface area contributed by atoms with Crippen molar-refractivity contribution in [3.63, 3.8) is 0 Å². The molecule has 2 aliphatic rings. The summed E-state index contributed by atoms with van der Waals surface area (Å²) in [7, 11) is 0. The minimum atomic E-state index is -0.0477. The van der Waals surface area contributed by atoms with E-state index in [1.54, 1.807) is 6.20 Å². The van der Waals surface area contributed by atoms with Gasteiger partial charge in [-0.2, -0.15) is 0 Å². The third-order valence-corrected chi connectivity index (χ3v) is 5.55. The van der Waals surface area contributed by atoms with Crippen LogP contribution >= 0.6 is 0 Å². The summed E-state index contributed by atoms with van der Waals surface area (Å²) < 4.78 is 5.65. The largest absolute Gasteiger partial charge is 0.396 e. The fourth-order valence-corrected chi connectivity index (χ4v) is 4.15. The first-order chi connectivity index (χ1) is 11.8. The third-order valence-electron chi connectivity index (χ3n) is 5.55. The van der Waals surface area contributed by atoms with Crippen LogP contribution < -0.4 is 0 Å². The van der Waals surface area contributed by atoms with Crippen LogP contribution in [0.15, 0.2) is 48.8 Å². The van der Waals surface area contributed by atoms with Crippen LogP contribution in [-0.4, -0.2) is 47.9 Å². The van der Waals surface area contributed by atoms with E-state index in [1.165, 1.54) is 11.1 Å². The number of pyridine rings is 1. The van der Waals surface area contributed by atoms with E-state index >= 15 is 0 Å². The van der Waals surface area contributed by atoms with Crippen LogP contribution in [0.2, 0.25) is 0 Å². The first kappa shape index (κ1) is 15.8. The van der Waals surface area contributed by atoms with Crippen LogP contribution in [-0.2, 0) is 11.3 Å². The van der Waals surface area contributed by atoms with Crippen molar-refractivity contribution < 1.29 is 9.84 Å². The third kappa shape index (κ3) is 2.97. The van der Waals surface area contributed by atoms with E-state index in [0.29, 0.717) is 12.5 Å². The van der Waals surface area contributed by atoms with E-state index in [0.717, 1.165) is 38.2 Å². The van der Waals surface area contributed by atoms with Gasteiger partial charge in [0.15, 0.2) is 0 Å². The number of aliphatic hydroxyl groups excluding tert-OH is 1. The van der Waals surface area contributed by atoms with Gasteiger partial charge in [0.05, 0.1) is 13.2 Å². The molecule has 4 rings (SSSR count). The number of nitrogens with zero attached hydrogens (tertiary/aromatic N) is 2. The molecule has 24 heavy (non-hydrogen) atoms. The summed E-state index contributed by atoms with van der Waals surface area (Å²) in [5.41, 5.74) is 3.61. The van der Waals surface area contributed by atoms with Gasteiger partial charge in [0.1, 0.15) is 0 Å². The molecule has 1 aromatic carbocycles. The Labute approximate surface area is 143 Å². The van der Waals surface area contributed by atoms with Crippen molar-refractivity contribution in [2.75, 3.05) is 32.9 Å². The molecule has 0 radical (unpaired) electrons. The van der Waals surface area contributed by atoms with Crippen LogP contribution in [0.5, 0.6) is 0 Å². The zero-order valence-electron chi connectivity index (χ0n) is 13.9. The number of hydrogen-bond donors (Lipinski definition) is 1. The number of ether oxygens (including phenoxy) is 1. The molecule has 2 saturated heterocycles. The number of rotatable bonds is 4. The zero-order valence-corrected chi connectivity index (χ0v) is 13.9. The van der Waals surface area contributed by atoms with E-state index in [-0.39, 0.29) is 12.0 Å². The van der Waals surface area contributed by atoms with E-state index in [2.05, 4.69) is 40.2 Å². The second kappa shape index (κ2) is 6.63. The molecular formula is C20H24N2O2. The second-order valence-corrected chi connectivity index (χ2v) is 7.17. The van der Waals surface area contributed by atoms with Crippen molar-refractivity contribution in [3.8, 4) is 11.1 Å². The van der Waals surface area contributed by atoms with Crippen LogP contribution in [0.4, 0.5) is 0 Å². The van der Waals surface area contributed by atoms with E-state index in [4.69, 9.17) is 4.74 Å². The number of hydrogen-bond acceptors (Lipinski definition) is 4. The standard InChI is InChI=1S/C20H24N2O2/c23-14-20-13-22(12-19(20)7-9-24-15-20)11-16-3-5-17(6-4-16)18-2-1-8-21-10-18/h1-6,8,10,19,23H,7,9,11-15H2/t19-,20+/m0/s1. The molecule has 4 heteroatoms. The Bertz CT molecular complexity index is 674. The number of fused-ring (bicyclic) bond motifs is 1. The van der Waals surface area contributed by atoms with Gasteiger partial charge in [0.2, 0.25) is 0 Å². The van der Waals surface area contributed by atoms with Crippen molar-refractivity contribution in [1.82, 2.24) is 9.88 Å². The summed E-state index contributed by atoms with van der Waals surface area (Å²) in [6.07, 6.45) is 4.76. The summed E-state index contributed by atoms with van der Waals surface area (Å²) in [6.45, 7) is 4.69. The summed E-state index contributed by atoms with van der Waals surface area (Å²) in [6, 6.07) is 12.8. The quantitative estimate of drug-likeness (QED) is 0.939. The fourth-order valence-electron chi connectivity index (χ4n) is 4.15. The lowest BCUT2D eigenvalue weighted by molar-refractivity contribution is -0.0561. The van der Waals surface area contributed by atoms with Crippen molar-refractivity contribution in [1.29, 1.82) is 0 Å². The average molecular weight is 324 g/mol. The SMILES string of the molecule is OC[C@]12COCC[C@H]1CN(Cc1ccc(-c3cccnc3)cc1)C2. The maximum Gasteiger partial charge on any atom is 0.0559 e. The molecule has 126 valence electrons. The Hall–Kier alpha value is -1.75. The first-order valence-electron chi connectivity index (χ1n) is 8.69. The van der Waals surface area contributed by atoms with Gasteiger partial charge in [-0.1, -0.05) is 30.3 Å². The van der Waals surface area contributed by atoms with Crippen LogP contribution in [0.1, 0.15) is 12.0 Å². The lowest BCUT2D eigenvalue weighted by Gasteiger charge is -2.36. The molecule has 2 aromatic rings. The molecule has 1 N–H and O–H groups in total. The number of aromatic nitrogens is 1. The van der Waals surface area contributed by atoms with Crippen LogP contribution in [0.3, 0.4) is 0 Å². The number of aliphatic hydroxyl groups is 1. The molecule has 2 aliphatic heterocycles. The summed E-state index contributed by atoms with van der Waals surface area (Å²) in [5.74, 6) is 0.561. The van der Waals surface area contributed by atoms with Gasteiger partial charge >= 0.3 is 0 Å². The Morgan fingerprint density at radius 1 is 1.21 bits per heavy atom. The van der Waals surface area contributed by atoms with Crippen molar-refractivity contribution in [2.24, 2.45) is 11.3 Å². The maximum atomic E-state index is 9.89. The van der Waals surface area contributed by atoms with E-state index in [9.17, 15) is 5.11 Å². The normalized spacial score (nSPS) is 27.1. The maximum absolute atomic E-state index is 9.89. The summed E-state index contributed by atoms with van der Waals surface area (Å²) in [4.78, 5) is 6.65. The second-order valence-electron chi connectivity index (χ2n) is 7.17. The molecule has 4 nitrogen and oxygen atoms in total. The van der Waals surface area contributed by atoms with Gasteiger partial charge in [-0.3, -0.25) is 9.88 Å². The lowest BCUT2D eigenvalue weighted by atomic mass is 9.76. The zero-order chi connectivity index (χ0) is 16.4. The Morgan fingerprint density at radius 2 is 2.08 bits per heavy atom. The molecule has 1 aromatic heterocycles. The Kier molecular flexibility index (Phi) is 4.35. The van der Waals surface area contributed by atoms with Crippen molar-refractivity contribution >= 4 is 0 Å². The molecule has 3 heterocycles. The highest BCUT2D eigenvalue weighted by molar-refractivity contribution is 5.62. The molecule has 2 fully saturated rings. The van der Waals surface area contributed by atoms with Crippen LogP contribution in [0, 0.1) is 11.3 Å². The Morgan fingerprint density at radius 3 is 2.79 bits per heavy atom. The predicted molar refractivity (Wildman–Crippen MR) is 93.4 cm³/mol. The van der Waals surface area contributed by atoms with E-state index < -0.39 is 0 Å². The van der Waals surface area contributed by atoms with E-state index in [1.807, 2.05) is 12.3 Å². The van der Waals surface area contributed by atoms with Crippen molar-refractivity contribution in [2.45, 2.75) is 13.0 Å². The molecule has 0 bridgehead atoms. The Balaban J connectivity index is 1.45. The van der Waals surface area contributed by atoms with Gasteiger partial charge < -0.3 is 9.84 Å². The average Bonchev–Trinajstić information content (AvgIpc) is 3.01. The molecule has 0 saturated carbocycles. The minimum absolute atomic E-state index is 0.0477. The number of benzene rings is 1. The summed E-state index contributed by atoms with van der Waals surface area (Å²) in [5, 5.41) is 9.89. The molecule has 0 aliphatic carbocycles. The highest BCUT2D eigenvalue weighted by Crippen LogP contribution is 2.41. The van der Waals surface area contributed by atoms with Gasteiger partial charge in [-0.15, -0.1) is 0 Å². The number of likely N-dealkylation sites (tertiary alicyclic amines) is 1. The van der Waals surface area contributed by atoms with Gasteiger partial charge in [-0.25, -0.2) is 0 Å². The molecule has 0 unspecified atom stereocenters. The fraction of sp³-hybridized carbons (Fsp3) is 0.450. The highest BCUT2D eigenvalue weighted by Gasteiger charge is 2.47. The predicted octanol–water partition coefficient (Wildman–Crippen LogP) is 2.58. The highest BCUT2D eigenvalue weighted by atomic mass is 16.5. The molecule has 2 atom stereocenters. The van der Waals surface area contributed by atoms with Gasteiger partial charge in [0, 0.05) is 44.0 Å². The van der Waals surface area contributed by atoms with Crippen molar-refractivity contribution in [3.05, 3.63) is 54.4 Å². The van der Waals surface area contributed by atoms with Gasteiger partial charge in [0.25, 0.3) is 0 Å². The first-order valence-corrected chi connectivity index (χ1v) is 8.69. The smallest absolute Gasteiger partial charge is 0.0559 e. The topological polar surface area (TPSA) is 45.6 Å². The summed E-state index contributed by atoms with van der Waals surface area (Å²) >= 11 is 0. The molecule has 0 spiro atoms. The minimum Gasteiger partial charge on any atom is -0.396 e. The van der Waals surface area contributed by atoms with Crippen LogP contribution in [0.25, 0.3) is 11.1 Å².